The third kappa shape index (κ3) is 3.47. The molecule has 150 valence electrons. The Morgan fingerprint density at radius 2 is 1.77 bits per heavy atom. The van der Waals surface area contributed by atoms with Crippen molar-refractivity contribution in [1.29, 1.82) is 0 Å². The fourth-order valence-electron chi connectivity index (χ4n) is 3.78. The molecule has 0 saturated heterocycles. The minimum atomic E-state index is -0.336. The maximum absolute atomic E-state index is 13.6. The molecule has 1 unspecified atom stereocenters. The molecule has 0 aliphatic carbocycles. The first kappa shape index (κ1) is 18.2. The van der Waals surface area contributed by atoms with Crippen molar-refractivity contribution in [2.75, 3.05) is 11.4 Å². The first-order valence-electron chi connectivity index (χ1n) is 9.84. The Morgan fingerprint density at radius 1 is 0.967 bits per heavy atom. The van der Waals surface area contributed by atoms with Gasteiger partial charge in [-0.3, -0.25) is 0 Å². The number of nitrogens with zero attached hydrogens (tertiary/aromatic N) is 6. The third-order valence-corrected chi connectivity index (χ3v) is 5.13. The molecule has 1 aliphatic heterocycles. The van der Waals surface area contributed by atoms with Crippen molar-refractivity contribution in [1.82, 2.24) is 25.0 Å². The van der Waals surface area contributed by atoms with Crippen molar-refractivity contribution in [3.05, 3.63) is 90.5 Å². The maximum atomic E-state index is 13.6. The van der Waals surface area contributed by atoms with E-state index >= 15 is 0 Å². The summed E-state index contributed by atoms with van der Waals surface area (Å²) in [6, 6.07) is 14.4. The van der Waals surface area contributed by atoms with Crippen LogP contribution < -0.4 is 4.90 Å². The van der Waals surface area contributed by atoms with Crippen LogP contribution in [0, 0.1) is 5.82 Å². The Labute approximate surface area is 172 Å². The zero-order valence-corrected chi connectivity index (χ0v) is 16.2. The van der Waals surface area contributed by atoms with E-state index < -0.39 is 0 Å². The number of H-pyrrole nitrogens is 1. The molecule has 8 heteroatoms. The summed E-state index contributed by atoms with van der Waals surface area (Å²) >= 11 is 0. The summed E-state index contributed by atoms with van der Waals surface area (Å²) in [4.78, 5) is 16.3. The lowest BCUT2D eigenvalue weighted by Crippen LogP contribution is -2.42. The number of para-hydroxylation sites is 2. The number of rotatable bonds is 6. The summed E-state index contributed by atoms with van der Waals surface area (Å²) in [7, 11) is 0. The molecule has 0 radical (unpaired) electrons. The fraction of sp³-hybridized carbons (Fsp3) is 0.182. The number of fused-ring (bicyclic) bond motifs is 1. The highest BCUT2D eigenvalue weighted by molar-refractivity contribution is 6.08. The van der Waals surface area contributed by atoms with Crippen LogP contribution in [0.25, 0.3) is 0 Å². The lowest BCUT2D eigenvalue weighted by Gasteiger charge is -2.37. The molecule has 7 nitrogen and oxygen atoms in total. The Balaban J connectivity index is 1.56. The van der Waals surface area contributed by atoms with E-state index in [2.05, 4.69) is 31.1 Å². The normalized spacial score (nSPS) is 15.7. The lowest BCUT2D eigenvalue weighted by molar-refractivity contribution is 0.464. The smallest absolute Gasteiger partial charge is 0.186 e. The van der Waals surface area contributed by atoms with Gasteiger partial charge in [-0.05, 0) is 30.7 Å². The van der Waals surface area contributed by atoms with E-state index in [4.69, 9.17) is 4.99 Å². The molecule has 0 spiro atoms. The number of nitrogens with one attached hydrogen (secondary N) is 1. The molecular weight excluding hydrogens is 381 g/mol. The number of hydrogen-bond donors (Lipinski definition) is 1. The van der Waals surface area contributed by atoms with E-state index in [1.807, 2.05) is 24.4 Å². The maximum Gasteiger partial charge on any atom is 0.186 e. The minimum Gasteiger partial charge on any atom is -0.349 e. The van der Waals surface area contributed by atoms with Gasteiger partial charge in [-0.15, -0.1) is 0 Å². The van der Waals surface area contributed by atoms with Crippen molar-refractivity contribution in [2.24, 2.45) is 4.99 Å². The van der Waals surface area contributed by atoms with Gasteiger partial charge in [0.2, 0.25) is 0 Å². The van der Waals surface area contributed by atoms with Gasteiger partial charge in [-0.2, -0.15) is 15.0 Å². The van der Waals surface area contributed by atoms with E-state index in [1.165, 1.54) is 12.1 Å². The molecule has 2 aromatic heterocycles. The summed E-state index contributed by atoms with van der Waals surface area (Å²) in [5.74, 6) is 0.682. The number of aromatic nitrogens is 5. The van der Waals surface area contributed by atoms with Gasteiger partial charge in [-0.25, -0.2) is 14.4 Å². The minimum absolute atomic E-state index is 0.278. The van der Waals surface area contributed by atoms with Crippen LogP contribution in [-0.2, 0) is 6.42 Å². The molecule has 1 N–H and O–H groups in total. The van der Waals surface area contributed by atoms with Gasteiger partial charge in [0.15, 0.2) is 6.17 Å². The first-order valence-corrected chi connectivity index (χ1v) is 9.84. The molecule has 1 atom stereocenters. The van der Waals surface area contributed by atoms with Gasteiger partial charge in [-0.1, -0.05) is 24.3 Å². The number of hydrogen-bond acceptors (Lipinski definition) is 5. The van der Waals surface area contributed by atoms with E-state index in [-0.39, 0.29) is 12.0 Å². The SMILES string of the molecule is Fc1ccc(C2=Nc3ccccc3N(CCCc3ncc[nH]3)C2n2nccn2)cc1. The number of aliphatic imine (C=N–C) groups is 1. The monoisotopic (exact) mass is 401 g/mol. The predicted octanol–water partition coefficient (Wildman–Crippen LogP) is 3.91. The highest BCUT2D eigenvalue weighted by atomic mass is 19.1. The average molecular weight is 401 g/mol. The van der Waals surface area contributed by atoms with E-state index in [0.29, 0.717) is 0 Å². The van der Waals surface area contributed by atoms with Gasteiger partial charge in [0.25, 0.3) is 0 Å². The van der Waals surface area contributed by atoms with Crippen molar-refractivity contribution in [3.63, 3.8) is 0 Å². The largest absolute Gasteiger partial charge is 0.349 e. The number of anilines is 1. The number of aromatic amines is 1. The molecule has 4 aromatic rings. The van der Waals surface area contributed by atoms with E-state index in [0.717, 1.165) is 47.9 Å². The van der Waals surface area contributed by atoms with Crippen LogP contribution in [0.3, 0.4) is 0 Å². The number of imidazole rings is 1. The summed E-state index contributed by atoms with van der Waals surface area (Å²) in [6.45, 7) is 0.754. The van der Waals surface area contributed by atoms with Crippen molar-refractivity contribution in [3.8, 4) is 0 Å². The fourth-order valence-corrected chi connectivity index (χ4v) is 3.78. The summed E-state index contributed by atoms with van der Waals surface area (Å²) in [6.07, 6.45) is 8.29. The van der Waals surface area contributed by atoms with Crippen molar-refractivity contribution < 1.29 is 4.39 Å². The van der Waals surface area contributed by atoms with Crippen LogP contribution in [0.1, 0.15) is 24.0 Å². The van der Waals surface area contributed by atoms with Gasteiger partial charge in [0.05, 0.1) is 29.5 Å². The Bertz CT molecular complexity index is 1130. The molecule has 1 aliphatic rings. The van der Waals surface area contributed by atoms with Crippen molar-refractivity contribution in [2.45, 2.75) is 19.0 Å². The Kier molecular flexibility index (Phi) is 4.80. The topological polar surface area (TPSA) is 75.0 Å². The molecule has 0 fully saturated rings. The highest BCUT2D eigenvalue weighted by Gasteiger charge is 2.33. The van der Waals surface area contributed by atoms with Gasteiger partial charge in [0, 0.05) is 30.9 Å². The van der Waals surface area contributed by atoms with Crippen LogP contribution in [0.5, 0.6) is 0 Å². The van der Waals surface area contributed by atoms with Gasteiger partial charge < -0.3 is 9.88 Å². The summed E-state index contributed by atoms with van der Waals surface area (Å²) < 4.78 is 13.6. The quantitative estimate of drug-likeness (QED) is 0.532. The summed E-state index contributed by atoms with van der Waals surface area (Å²) in [5.41, 5.74) is 3.51. The Hall–Kier alpha value is -3.81. The zero-order valence-electron chi connectivity index (χ0n) is 16.2. The lowest BCUT2D eigenvalue weighted by atomic mass is 10.0. The number of halogens is 1. The van der Waals surface area contributed by atoms with Crippen LogP contribution in [0.4, 0.5) is 15.8 Å². The molecule has 0 amide bonds. The second-order valence-corrected chi connectivity index (χ2v) is 7.05. The third-order valence-electron chi connectivity index (χ3n) is 5.13. The van der Waals surface area contributed by atoms with E-state index in [9.17, 15) is 4.39 Å². The highest BCUT2D eigenvalue weighted by Crippen LogP contribution is 2.39. The van der Waals surface area contributed by atoms with Gasteiger partial charge >= 0.3 is 0 Å². The van der Waals surface area contributed by atoms with Crippen LogP contribution >= 0.6 is 0 Å². The van der Waals surface area contributed by atoms with Crippen molar-refractivity contribution >= 4 is 17.1 Å². The second kappa shape index (κ2) is 7.90. The molecule has 30 heavy (non-hydrogen) atoms. The molecule has 0 bridgehead atoms. The Morgan fingerprint density at radius 3 is 2.53 bits per heavy atom. The molecule has 5 rings (SSSR count). The molecule has 2 aromatic carbocycles. The molecule has 3 heterocycles. The number of benzene rings is 2. The first-order chi connectivity index (χ1) is 14.8. The van der Waals surface area contributed by atoms with Crippen LogP contribution in [0.2, 0.25) is 0 Å². The van der Waals surface area contributed by atoms with Crippen LogP contribution in [-0.4, -0.2) is 37.2 Å². The van der Waals surface area contributed by atoms with Gasteiger partial charge in [0.1, 0.15) is 11.6 Å². The second-order valence-electron chi connectivity index (χ2n) is 7.05. The zero-order chi connectivity index (χ0) is 20.3. The molecular formula is C22H20FN7. The number of aryl methyl sites for hydroxylation is 1. The molecule has 0 saturated carbocycles. The average Bonchev–Trinajstić information content (AvgIpc) is 3.48. The summed E-state index contributed by atoms with van der Waals surface area (Å²) in [5, 5.41) is 8.81. The van der Waals surface area contributed by atoms with Crippen LogP contribution in [0.15, 0.2) is 78.3 Å². The predicted molar refractivity (Wildman–Crippen MR) is 112 cm³/mol. The van der Waals surface area contributed by atoms with E-state index in [1.54, 1.807) is 35.5 Å². The standard InChI is InChI=1S/C22H20FN7/c23-17-9-7-16(8-10-17)21-22(30-26-13-14-27-30)29(15-3-6-20-24-11-12-25-20)19-5-2-1-4-18(19)28-21/h1-2,4-5,7-14,22H,3,6,15H2,(H,24,25).